The highest BCUT2D eigenvalue weighted by molar-refractivity contribution is 5.98. The van der Waals surface area contributed by atoms with Crippen molar-refractivity contribution in [3.8, 4) is 11.1 Å². The summed E-state index contributed by atoms with van der Waals surface area (Å²) in [4.78, 5) is 11.0. The Balaban J connectivity index is 1.95. The van der Waals surface area contributed by atoms with Crippen LogP contribution in [0.2, 0.25) is 0 Å². The molecule has 0 fully saturated rings. The lowest BCUT2D eigenvalue weighted by Gasteiger charge is -2.10. The molecule has 0 heterocycles. The van der Waals surface area contributed by atoms with E-state index in [4.69, 9.17) is 11.6 Å². The van der Waals surface area contributed by atoms with Crippen molar-refractivity contribution in [3.05, 3.63) is 94.0 Å². The Hall–Kier alpha value is -3.87. The molecular formula is C20H19N5O2. The van der Waals surface area contributed by atoms with Crippen molar-refractivity contribution in [3.63, 3.8) is 0 Å². The first-order valence-corrected chi connectivity index (χ1v) is 8.29. The number of nitrogens with two attached hydrogens (primary N) is 2. The quantitative estimate of drug-likeness (QED) is 0.204. The average molecular weight is 361 g/mol. The highest BCUT2D eigenvalue weighted by atomic mass is 16.6. The van der Waals surface area contributed by atoms with Crippen LogP contribution < -0.4 is 16.9 Å². The van der Waals surface area contributed by atoms with Crippen LogP contribution in [-0.2, 0) is 6.54 Å². The predicted molar refractivity (Wildman–Crippen MR) is 107 cm³/mol. The van der Waals surface area contributed by atoms with Crippen molar-refractivity contribution >= 4 is 17.2 Å². The van der Waals surface area contributed by atoms with Crippen LogP contribution in [-0.4, -0.2) is 10.8 Å². The first kappa shape index (κ1) is 17.9. The van der Waals surface area contributed by atoms with Crippen LogP contribution in [0.3, 0.4) is 0 Å². The minimum absolute atomic E-state index is 0.0221. The lowest BCUT2D eigenvalue weighted by atomic mass is 10.0. The number of amidine groups is 1. The first-order valence-electron chi connectivity index (χ1n) is 8.29. The number of nitro benzene ring substituents is 1. The maximum atomic E-state index is 11.4. The van der Waals surface area contributed by atoms with Crippen LogP contribution in [0.15, 0.2) is 77.9 Å². The summed E-state index contributed by atoms with van der Waals surface area (Å²) in [6.07, 6.45) is 0. The number of anilines is 1. The van der Waals surface area contributed by atoms with Gasteiger partial charge in [-0.25, -0.2) is 0 Å². The second kappa shape index (κ2) is 8.01. The van der Waals surface area contributed by atoms with E-state index in [0.717, 1.165) is 16.7 Å². The Morgan fingerprint density at radius 1 is 1.00 bits per heavy atom. The summed E-state index contributed by atoms with van der Waals surface area (Å²) in [5, 5.41) is 18.0. The second-order valence-electron chi connectivity index (χ2n) is 5.92. The molecule has 0 saturated heterocycles. The normalized spacial score (nSPS) is 11.2. The summed E-state index contributed by atoms with van der Waals surface area (Å²) in [6, 6.07) is 22.0. The van der Waals surface area contributed by atoms with E-state index in [-0.39, 0.29) is 11.5 Å². The van der Waals surface area contributed by atoms with E-state index in [1.807, 2.05) is 48.5 Å². The molecule has 3 aromatic rings. The van der Waals surface area contributed by atoms with Crippen molar-refractivity contribution in [2.24, 2.45) is 16.7 Å². The van der Waals surface area contributed by atoms with E-state index in [1.165, 1.54) is 6.07 Å². The maximum Gasteiger partial charge on any atom is 0.292 e. The molecule has 0 spiro atoms. The number of rotatable bonds is 6. The first-order chi connectivity index (χ1) is 13.1. The van der Waals surface area contributed by atoms with Gasteiger partial charge in [-0.05, 0) is 34.9 Å². The molecular weight excluding hydrogens is 342 g/mol. The SMILES string of the molecule is N/N=C(\N)c1cccc(-c2ccc([N+](=O)[O-])c(NCc3ccccc3)c2)c1. The van der Waals surface area contributed by atoms with E-state index >= 15 is 0 Å². The number of nitrogens with one attached hydrogen (secondary N) is 1. The highest BCUT2D eigenvalue weighted by Crippen LogP contribution is 2.31. The van der Waals surface area contributed by atoms with E-state index in [2.05, 4.69) is 10.4 Å². The van der Waals surface area contributed by atoms with Gasteiger partial charge in [0.25, 0.3) is 5.69 Å². The maximum absolute atomic E-state index is 11.4. The van der Waals surface area contributed by atoms with Gasteiger partial charge in [0.05, 0.1) is 4.92 Å². The Morgan fingerprint density at radius 2 is 1.74 bits per heavy atom. The minimum atomic E-state index is -0.396. The van der Waals surface area contributed by atoms with Crippen molar-refractivity contribution in [2.75, 3.05) is 5.32 Å². The molecule has 0 aliphatic rings. The van der Waals surface area contributed by atoms with Gasteiger partial charge in [0, 0.05) is 18.2 Å². The summed E-state index contributed by atoms with van der Waals surface area (Å²) in [5.41, 5.74) is 9.64. The van der Waals surface area contributed by atoms with Gasteiger partial charge in [0.15, 0.2) is 0 Å². The van der Waals surface area contributed by atoms with Gasteiger partial charge >= 0.3 is 0 Å². The van der Waals surface area contributed by atoms with Crippen LogP contribution in [0.25, 0.3) is 11.1 Å². The fourth-order valence-electron chi connectivity index (χ4n) is 2.74. The summed E-state index contributed by atoms with van der Waals surface area (Å²) in [7, 11) is 0. The molecule has 7 nitrogen and oxygen atoms in total. The van der Waals surface area contributed by atoms with E-state index in [1.54, 1.807) is 18.2 Å². The van der Waals surface area contributed by atoms with Crippen molar-refractivity contribution < 1.29 is 4.92 Å². The standard InChI is InChI=1S/C20H19N5O2/c21-20(24-22)17-8-4-7-15(11-17)16-9-10-19(25(26)27)18(12-16)23-13-14-5-2-1-3-6-14/h1-12,23H,13,22H2,(H2,21,24). The molecule has 0 radical (unpaired) electrons. The van der Waals surface area contributed by atoms with Gasteiger partial charge < -0.3 is 16.9 Å². The van der Waals surface area contributed by atoms with Crippen LogP contribution >= 0.6 is 0 Å². The molecule has 0 amide bonds. The summed E-state index contributed by atoms with van der Waals surface area (Å²) >= 11 is 0. The van der Waals surface area contributed by atoms with Crippen molar-refractivity contribution in [2.45, 2.75) is 6.54 Å². The number of nitro groups is 1. The smallest absolute Gasteiger partial charge is 0.292 e. The van der Waals surface area contributed by atoms with Gasteiger partial charge in [0.2, 0.25) is 0 Å². The molecule has 0 saturated carbocycles. The third kappa shape index (κ3) is 4.21. The monoisotopic (exact) mass is 361 g/mol. The molecule has 27 heavy (non-hydrogen) atoms. The molecule has 0 aromatic heterocycles. The van der Waals surface area contributed by atoms with Crippen LogP contribution in [0.5, 0.6) is 0 Å². The van der Waals surface area contributed by atoms with E-state index in [9.17, 15) is 10.1 Å². The molecule has 0 bridgehead atoms. The number of hydrazone groups is 1. The lowest BCUT2D eigenvalue weighted by Crippen LogP contribution is -2.15. The van der Waals surface area contributed by atoms with Gasteiger partial charge in [-0.3, -0.25) is 10.1 Å². The molecule has 3 rings (SSSR count). The third-order valence-electron chi connectivity index (χ3n) is 4.15. The average Bonchev–Trinajstić information content (AvgIpc) is 2.72. The largest absolute Gasteiger partial charge is 0.382 e. The zero-order chi connectivity index (χ0) is 19.2. The topological polar surface area (TPSA) is 120 Å². The molecule has 5 N–H and O–H groups in total. The summed E-state index contributed by atoms with van der Waals surface area (Å²) < 4.78 is 0. The molecule has 3 aromatic carbocycles. The fourth-order valence-corrected chi connectivity index (χ4v) is 2.74. The molecule has 0 atom stereocenters. The lowest BCUT2D eigenvalue weighted by molar-refractivity contribution is -0.384. The summed E-state index contributed by atoms with van der Waals surface area (Å²) in [5.74, 6) is 5.47. The van der Waals surface area contributed by atoms with Crippen molar-refractivity contribution in [1.82, 2.24) is 0 Å². The van der Waals surface area contributed by atoms with Gasteiger partial charge in [-0.2, -0.15) is 5.10 Å². The molecule has 0 unspecified atom stereocenters. The molecule has 0 aliphatic heterocycles. The molecule has 7 heteroatoms. The van der Waals surface area contributed by atoms with Crippen molar-refractivity contribution in [1.29, 1.82) is 0 Å². The highest BCUT2D eigenvalue weighted by Gasteiger charge is 2.15. The Labute approximate surface area is 156 Å². The van der Waals surface area contributed by atoms with Crippen LogP contribution in [0.1, 0.15) is 11.1 Å². The molecule has 0 aliphatic carbocycles. The summed E-state index contributed by atoms with van der Waals surface area (Å²) in [6.45, 7) is 0.484. The predicted octanol–water partition coefficient (Wildman–Crippen LogP) is 3.45. The van der Waals surface area contributed by atoms with Gasteiger partial charge in [-0.1, -0.05) is 48.5 Å². The number of benzene rings is 3. The second-order valence-corrected chi connectivity index (χ2v) is 5.92. The number of hydrogen-bond acceptors (Lipinski definition) is 5. The van der Waals surface area contributed by atoms with Gasteiger partial charge in [0.1, 0.15) is 11.5 Å². The van der Waals surface area contributed by atoms with E-state index in [0.29, 0.717) is 17.8 Å². The van der Waals surface area contributed by atoms with Crippen LogP contribution in [0.4, 0.5) is 11.4 Å². The third-order valence-corrected chi connectivity index (χ3v) is 4.15. The van der Waals surface area contributed by atoms with E-state index < -0.39 is 4.92 Å². The zero-order valence-corrected chi connectivity index (χ0v) is 14.5. The number of hydrogen-bond donors (Lipinski definition) is 3. The van der Waals surface area contributed by atoms with Crippen LogP contribution in [0, 0.1) is 10.1 Å². The minimum Gasteiger partial charge on any atom is -0.382 e. The Kier molecular flexibility index (Phi) is 5.32. The Morgan fingerprint density at radius 3 is 2.44 bits per heavy atom. The Bertz CT molecular complexity index is 987. The fraction of sp³-hybridized carbons (Fsp3) is 0.0500. The van der Waals surface area contributed by atoms with Gasteiger partial charge in [-0.15, -0.1) is 0 Å². The zero-order valence-electron chi connectivity index (χ0n) is 14.5. The number of nitrogens with zero attached hydrogens (tertiary/aromatic N) is 2. The molecule has 136 valence electrons.